The van der Waals surface area contributed by atoms with Crippen molar-refractivity contribution in [2.24, 2.45) is 0 Å². The van der Waals surface area contributed by atoms with Crippen molar-refractivity contribution in [2.75, 3.05) is 0 Å². The number of hydrogen-bond acceptors (Lipinski definition) is 3. The van der Waals surface area contributed by atoms with E-state index in [9.17, 15) is 0 Å². The highest BCUT2D eigenvalue weighted by Crippen LogP contribution is 2.55. The van der Waals surface area contributed by atoms with Crippen molar-refractivity contribution in [1.29, 1.82) is 0 Å². The van der Waals surface area contributed by atoms with Gasteiger partial charge in [-0.25, -0.2) is 9.97 Å². The summed E-state index contributed by atoms with van der Waals surface area (Å²) in [6.07, 6.45) is 0. The SMILES string of the molecule is CC1(c2ccccc2)c2ccccc2-c2cccc(-c3cccc(-c4cc(-c5ccc6sc7ccccc7c6c5)nc(-c5ccccc5)n4)c3)c21. The highest BCUT2D eigenvalue weighted by Gasteiger charge is 2.42. The summed E-state index contributed by atoms with van der Waals surface area (Å²) >= 11 is 1.84. The van der Waals surface area contributed by atoms with Crippen LogP contribution in [0.2, 0.25) is 0 Å². The third-order valence-corrected chi connectivity index (χ3v) is 11.7. The molecule has 0 spiro atoms. The molecule has 1 aliphatic rings. The van der Waals surface area contributed by atoms with Gasteiger partial charge in [0.2, 0.25) is 0 Å². The number of thiophene rings is 1. The molecule has 0 aliphatic heterocycles. The predicted molar refractivity (Wildman–Crippen MR) is 214 cm³/mol. The Balaban J connectivity index is 1.15. The molecule has 10 rings (SSSR count). The second-order valence-corrected chi connectivity index (χ2v) is 14.6. The van der Waals surface area contributed by atoms with E-state index in [-0.39, 0.29) is 5.41 Å². The summed E-state index contributed by atoms with van der Waals surface area (Å²) in [7, 11) is 0. The lowest BCUT2D eigenvalue weighted by Gasteiger charge is -2.30. The van der Waals surface area contributed by atoms with Crippen LogP contribution < -0.4 is 0 Å². The van der Waals surface area contributed by atoms with E-state index < -0.39 is 0 Å². The van der Waals surface area contributed by atoms with Gasteiger partial charge in [0.25, 0.3) is 0 Å². The van der Waals surface area contributed by atoms with Crippen LogP contribution in [0.25, 0.3) is 76.3 Å². The summed E-state index contributed by atoms with van der Waals surface area (Å²) in [5.41, 5.74) is 13.7. The van der Waals surface area contributed by atoms with Gasteiger partial charge in [-0.1, -0.05) is 146 Å². The largest absolute Gasteiger partial charge is 0.228 e. The van der Waals surface area contributed by atoms with Crippen LogP contribution in [0, 0.1) is 0 Å². The van der Waals surface area contributed by atoms with Crippen LogP contribution in [0.15, 0.2) is 176 Å². The van der Waals surface area contributed by atoms with Gasteiger partial charge in [-0.2, -0.15) is 0 Å². The van der Waals surface area contributed by atoms with Gasteiger partial charge in [0.05, 0.1) is 11.4 Å². The van der Waals surface area contributed by atoms with Gasteiger partial charge in [0.15, 0.2) is 5.82 Å². The van der Waals surface area contributed by atoms with Crippen LogP contribution >= 0.6 is 11.3 Å². The van der Waals surface area contributed by atoms with E-state index in [1.165, 1.54) is 59.1 Å². The molecule has 3 heteroatoms. The van der Waals surface area contributed by atoms with Crippen molar-refractivity contribution >= 4 is 31.5 Å². The summed E-state index contributed by atoms with van der Waals surface area (Å²) < 4.78 is 2.58. The van der Waals surface area contributed by atoms with Crippen molar-refractivity contribution in [3.8, 4) is 56.2 Å². The van der Waals surface area contributed by atoms with Gasteiger partial charge in [0, 0.05) is 42.3 Å². The van der Waals surface area contributed by atoms with Gasteiger partial charge in [-0.05, 0) is 76.2 Å². The van der Waals surface area contributed by atoms with Crippen molar-refractivity contribution < 1.29 is 0 Å². The van der Waals surface area contributed by atoms with Gasteiger partial charge < -0.3 is 0 Å². The summed E-state index contributed by atoms with van der Waals surface area (Å²) in [6, 6.07) is 63.3. The Kier molecular flexibility index (Phi) is 6.83. The first-order chi connectivity index (χ1) is 25.1. The van der Waals surface area contributed by atoms with Crippen LogP contribution in [-0.2, 0) is 5.41 Å². The zero-order chi connectivity index (χ0) is 33.9. The van der Waals surface area contributed by atoms with E-state index in [1.807, 2.05) is 29.5 Å². The second kappa shape index (κ2) is 11.7. The highest BCUT2D eigenvalue weighted by atomic mass is 32.1. The molecule has 2 aromatic heterocycles. The first-order valence-corrected chi connectivity index (χ1v) is 18.2. The third kappa shape index (κ3) is 4.77. The van der Waals surface area contributed by atoms with E-state index in [1.54, 1.807) is 0 Å². The smallest absolute Gasteiger partial charge is 0.160 e. The second-order valence-electron chi connectivity index (χ2n) is 13.5. The number of aromatic nitrogens is 2. The molecule has 1 unspecified atom stereocenters. The summed E-state index contributed by atoms with van der Waals surface area (Å²) in [4.78, 5) is 10.4. The summed E-state index contributed by atoms with van der Waals surface area (Å²) in [6.45, 7) is 2.39. The van der Waals surface area contributed by atoms with Crippen molar-refractivity contribution in [1.82, 2.24) is 9.97 Å². The molecule has 1 aliphatic carbocycles. The normalized spacial score (nSPS) is 14.8. The van der Waals surface area contributed by atoms with Crippen LogP contribution in [0.3, 0.4) is 0 Å². The first-order valence-electron chi connectivity index (χ1n) is 17.4. The van der Waals surface area contributed by atoms with Crippen molar-refractivity contribution in [2.45, 2.75) is 12.3 Å². The molecule has 7 aromatic carbocycles. The molecule has 9 aromatic rings. The molecule has 240 valence electrons. The lowest BCUT2D eigenvalue weighted by Crippen LogP contribution is -2.23. The van der Waals surface area contributed by atoms with Gasteiger partial charge in [0.1, 0.15) is 0 Å². The molecule has 1 atom stereocenters. The molecule has 0 saturated carbocycles. The Morgan fingerprint density at radius 3 is 1.88 bits per heavy atom. The number of benzene rings is 7. The Bertz CT molecular complexity index is 2760. The Hall–Kier alpha value is -6.16. The lowest BCUT2D eigenvalue weighted by molar-refractivity contribution is 0.716. The molecular weight excluding hydrogens is 637 g/mol. The average molecular weight is 669 g/mol. The Morgan fingerprint density at radius 2 is 1.04 bits per heavy atom. The maximum Gasteiger partial charge on any atom is 0.160 e. The number of fused-ring (bicyclic) bond motifs is 6. The zero-order valence-electron chi connectivity index (χ0n) is 28.0. The Morgan fingerprint density at radius 1 is 0.431 bits per heavy atom. The Labute approximate surface area is 301 Å². The fourth-order valence-electron chi connectivity index (χ4n) is 8.11. The molecule has 0 bridgehead atoms. The minimum absolute atomic E-state index is 0.299. The molecular formula is C48H32N2S. The maximum atomic E-state index is 5.21. The molecule has 2 heterocycles. The topological polar surface area (TPSA) is 25.8 Å². The molecule has 0 amide bonds. The minimum Gasteiger partial charge on any atom is -0.228 e. The van der Waals surface area contributed by atoms with Crippen LogP contribution in [-0.4, -0.2) is 9.97 Å². The summed E-state index contributed by atoms with van der Waals surface area (Å²) in [5, 5.41) is 2.54. The molecule has 2 nitrogen and oxygen atoms in total. The minimum atomic E-state index is -0.299. The fraction of sp³-hybridized carbons (Fsp3) is 0.0417. The number of nitrogens with zero attached hydrogens (tertiary/aromatic N) is 2. The molecule has 0 N–H and O–H groups in total. The van der Waals surface area contributed by atoms with Crippen LogP contribution in [0.5, 0.6) is 0 Å². The standard InChI is InChI=1S/C48H32N2S/c1-48(35-18-6-3-7-19-35)41-24-10-8-20-37(41)39-23-13-22-36(46(39)48)32-16-12-17-33(28-32)42-30-43(50-47(49-42)31-14-4-2-5-15-31)34-26-27-45-40(29-34)38-21-9-11-25-44(38)51-45/h2-30H,1H3. The number of hydrogen-bond donors (Lipinski definition) is 0. The molecule has 0 saturated heterocycles. The number of rotatable bonds is 5. The third-order valence-electron chi connectivity index (χ3n) is 10.6. The van der Waals surface area contributed by atoms with Crippen LogP contribution in [0.4, 0.5) is 0 Å². The summed E-state index contributed by atoms with van der Waals surface area (Å²) in [5.74, 6) is 0.719. The van der Waals surface area contributed by atoms with E-state index in [0.29, 0.717) is 0 Å². The van der Waals surface area contributed by atoms with E-state index in [4.69, 9.17) is 9.97 Å². The zero-order valence-corrected chi connectivity index (χ0v) is 28.9. The monoisotopic (exact) mass is 668 g/mol. The average Bonchev–Trinajstić information content (AvgIpc) is 3.71. The van der Waals surface area contributed by atoms with Crippen molar-refractivity contribution in [3.05, 3.63) is 193 Å². The van der Waals surface area contributed by atoms with Crippen molar-refractivity contribution in [3.63, 3.8) is 0 Å². The molecule has 0 fully saturated rings. The first kappa shape index (κ1) is 29.7. The van der Waals surface area contributed by atoms with E-state index in [2.05, 4.69) is 165 Å². The fourth-order valence-corrected chi connectivity index (χ4v) is 9.19. The maximum absolute atomic E-state index is 5.21. The van der Waals surface area contributed by atoms with Gasteiger partial charge in [-0.3, -0.25) is 0 Å². The molecule has 51 heavy (non-hydrogen) atoms. The van der Waals surface area contributed by atoms with Gasteiger partial charge >= 0.3 is 0 Å². The highest BCUT2D eigenvalue weighted by molar-refractivity contribution is 7.25. The van der Waals surface area contributed by atoms with Crippen LogP contribution in [0.1, 0.15) is 23.6 Å². The van der Waals surface area contributed by atoms with E-state index >= 15 is 0 Å². The predicted octanol–water partition coefficient (Wildman–Crippen LogP) is 12.8. The quantitative estimate of drug-likeness (QED) is 0.182. The molecule has 0 radical (unpaired) electrons. The lowest BCUT2D eigenvalue weighted by atomic mass is 9.72. The van der Waals surface area contributed by atoms with E-state index in [0.717, 1.165) is 33.9 Å². The van der Waals surface area contributed by atoms with Gasteiger partial charge in [-0.15, -0.1) is 11.3 Å².